The molecule has 0 heterocycles. The van der Waals surface area contributed by atoms with Gasteiger partial charge in [-0.25, -0.2) is 8.42 Å². The second-order valence-corrected chi connectivity index (χ2v) is 6.48. The third kappa shape index (κ3) is 17.8. The van der Waals surface area contributed by atoms with Crippen molar-refractivity contribution in [2.75, 3.05) is 58.6 Å². The topological polar surface area (TPSA) is 89.0 Å². The monoisotopic (exact) mass is 437 g/mol. The number of nitrogens with one attached hydrogen (secondary N) is 2. The van der Waals surface area contributed by atoms with Crippen LogP contribution >= 0.6 is 24.0 Å². The number of hydrogen-bond donors (Lipinski definition) is 2. The fraction of sp³-hybridized carbons (Fsp3) is 0.917. The quantitative estimate of drug-likeness (QED) is 0.209. The molecule has 0 bridgehead atoms. The van der Waals surface area contributed by atoms with Crippen molar-refractivity contribution in [2.45, 2.75) is 13.3 Å². The number of rotatable bonds is 11. The van der Waals surface area contributed by atoms with Gasteiger partial charge in [-0.1, -0.05) is 0 Å². The van der Waals surface area contributed by atoms with E-state index in [4.69, 9.17) is 9.47 Å². The predicted octanol–water partition coefficient (Wildman–Crippen LogP) is 0.257. The first-order valence-electron chi connectivity index (χ1n) is 6.77. The lowest BCUT2D eigenvalue weighted by Crippen LogP contribution is -2.39. The molecule has 9 heteroatoms. The number of aliphatic imine (C=N–C) groups is 1. The Morgan fingerprint density at radius 2 is 1.76 bits per heavy atom. The molecule has 0 atom stereocenters. The van der Waals surface area contributed by atoms with Crippen molar-refractivity contribution < 1.29 is 17.9 Å². The van der Waals surface area contributed by atoms with Crippen molar-refractivity contribution in [3.8, 4) is 0 Å². The van der Waals surface area contributed by atoms with E-state index in [2.05, 4.69) is 15.6 Å². The summed E-state index contributed by atoms with van der Waals surface area (Å²) in [5.74, 6) is 0.755. The second-order valence-electron chi connectivity index (χ2n) is 4.22. The molecule has 0 spiro atoms. The maximum absolute atomic E-state index is 10.9. The first-order valence-corrected chi connectivity index (χ1v) is 8.83. The maximum atomic E-state index is 10.9. The normalized spacial score (nSPS) is 11.9. The standard InChI is InChI=1S/C12H27N3O4S.HI/c1-4-18-8-5-6-14-12(13-2)15-7-9-19-10-11-20(3,16)17;/h4-11H2,1-3H3,(H2,13,14,15);1H. The minimum Gasteiger partial charge on any atom is -0.382 e. The maximum Gasteiger partial charge on any atom is 0.191 e. The van der Waals surface area contributed by atoms with Crippen LogP contribution < -0.4 is 10.6 Å². The molecule has 0 amide bonds. The molecule has 21 heavy (non-hydrogen) atoms. The van der Waals surface area contributed by atoms with E-state index in [1.165, 1.54) is 6.26 Å². The highest BCUT2D eigenvalue weighted by atomic mass is 127. The second kappa shape index (κ2) is 14.8. The molecule has 7 nitrogen and oxygen atoms in total. The van der Waals surface area contributed by atoms with Crippen LogP contribution in [0.4, 0.5) is 0 Å². The summed E-state index contributed by atoms with van der Waals surface area (Å²) in [6.45, 7) is 5.46. The molecule has 0 aromatic rings. The van der Waals surface area contributed by atoms with Crippen LogP contribution in [0, 0.1) is 0 Å². The van der Waals surface area contributed by atoms with Crippen molar-refractivity contribution in [3.05, 3.63) is 0 Å². The number of ether oxygens (including phenoxy) is 2. The average Bonchev–Trinajstić information content (AvgIpc) is 2.38. The molecular formula is C12H28IN3O4S. The summed E-state index contributed by atoms with van der Waals surface area (Å²) in [5, 5.41) is 6.23. The predicted molar refractivity (Wildman–Crippen MR) is 96.4 cm³/mol. The molecule has 0 aliphatic heterocycles. The summed E-state index contributed by atoms with van der Waals surface area (Å²) >= 11 is 0. The van der Waals surface area contributed by atoms with E-state index >= 15 is 0 Å². The zero-order valence-corrected chi connectivity index (χ0v) is 16.2. The fourth-order valence-electron chi connectivity index (χ4n) is 1.30. The molecule has 0 aliphatic carbocycles. The van der Waals surface area contributed by atoms with Crippen LogP contribution in [0.3, 0.4) is 0 Å². The molecule has 0 saturated heterocycles. The Bertz CT molecular complexity index is 364. The third-order valence-corrected chi connectivity index (χ3v) is 3.23. The van der Waals surface area contributed by atoms with E-state index < -0.39 is 9.84 Å². The highest BCUT2D eigenvalue weighted by Gasteiger charge is 2.01. The van der Waals surface area contributed by atoms with E-state index in [0.29, 0.717) is 19.1 Å². The lowest BCUT2D eigenvalue weighted by molar-refractivity contribution is 0.145. The van der Waals surface area contributed by atoms with Gasteiger partial charge in [0.1, 0.15) is 9.84 Å². The smallest absolute Gasteiger partial charge is 0.191 e. The van der Waals surface area contributed by atoms with Crippen molar-refractivity contribution in [2.24, 2.45) is 4.99 Å². The van der Waals surface area contributed by atoms with Crippen molar-refractivity contribution in [1.82, 2.24) is 10.6 Å². The molecule has 0 aromatic carbocycles. The Labute approximate surface area is 145 Å². The zero-order chi connectivity index (χ0) is 15.3. The van der Waals surface area contributed by atoms with Crippen LogP contribution in [0.5, 0.6) is 0 Å². The summed E-state index contributed by atoms with van der Waals surface area (Å²) in [6.07, 6.45) is 2.11. The van der Waals surface area contributed by atoms with Gasteiger partial charge in [0.05, 0.1) is 19.0 Å². The molecule has 0 aromatic heterocycles. The average molecular weight is 437 g/mol. The van der Waals surface area contributed by atoms with Gasteiger partial charge in [0.2, 0.25) is 0 Å². The molecule has 0 rings (SSSR count). The van der Waals surface area contributed by atoms with Crippen molar-refractivity contribution >= 4 is 39.8 Å². The molecule has 0 unspecified atom stereocenters. The Morgan fingerprint density at radius 3 is 2.33 bits per heavy atom. The van der Waals surface area contributed by atoms with E-state index in [1.807, 2.05) is 6.92 Å². The number of halogens is 1. The molecule has 0 fully saturated rings. The Morgan fingerprint density at radius 1 is 1.10 bits per heavy atom. The van der Waals surface area contributed by atoms with E-state index in [-0.39, 0.29) is 36.3 Å². The van der Waals surface area contributed by atoms with E-state index in [0.717, 1.165) is 26.2 Å². The number of sulfone groups is 1. The van der Waals surface area contributed by atoms with E-state index in [1.54, 1.807) is 7.05 Å². The molecule has 2 N–H and O–H groups in total. The minimum atomic E-state index is -2.95. The molecule has 0 saturated carbocycles. The molecule has 0 radical (unpaired) electrons. The van der Waals surface area contributed by atoms with Gasteiger partial charge in [-0.2, -0.15) is 0 Å². The highest BCUT2D eigenvalue weighted by Crippen LogP contribution is 1.84. The van der Waals surface area contributed by atoms with Gasteiger partial charge in [0.25, 0.3) is 0 Å². The first-order chi connectivity index (χ1) is 9.49. The summed E-state index contributed by atoms with van der Waals surface area (Å²) in [7, 11) is -1.25. The third-order valence-electron chi connectivity index (χ3n) is 2.32. The van der Waals surface area contributed by atoms with Crippen LogP contribution in [-0.2, 0) is 19.3 Å². The van der Waals surface area contributed by atoms with Crippen molar-refractivity contribution in [3.63, 3.8) is 0 Å². The largest absolute Gasteiger partial charge is 0.382 e. The van der Waals surface area contributed by atoms with Crippen LogP contribution in [0.15, 0.2) is 4.99 Å². The Kier molecular flexibility index (Phi) is 16.3. The summed E-state index contributed by atoms with van der Waals surface area (Å²) in [5.41, 5.74) is 0. The number of hydrogen-bond acceptors (Lipinski definition) is 5. The lowest BCUT2D eigenvalue weighted by atomic mass is 10.4. The zero-order valence-electron chi connectivity index (χ0n) is 13.1. The lowest BCUT2D eigenvalue weighted by Gasteiger charge is -2.11. The minimum absolute atomic E-state index is 0. The summed E-state index contributed by atoms with van der Waals surface area (Å²) < 4.78 is 32.2. The van der Waals surface area contributed by atoms with Crippen LogP contribution in [0.25, 0.3) is 0 Å². The van der Waals surface area contributed by atoms with Crippen LogP contribution in [0.2, 0.25) is 0 Å². The van der Waals surface area contributed by atoms with Gasteiger partial charge in [0.15, 0.2) is 5.96 Å². The van der Waals surface area contributed by atoms with Crippen molar-refractivity contribution in [1.29, 1.82) is 0 Å². The summed E-state index contributed by atoms with van der Waals surface area (Å²) in [4.78, 5) is 4.07. The van der Waals surface area contributed by atoms with Gasteiger partial charge < -0.3 is 20.1 Å². The fourth-order valence-corrected chi connectivity index (χ4v) is 1.72. The highest BCUT2D eigenvalue weighted by molar-refractivity contribution is 14.0. The van der Waals surface area contributed by atoms with Gasteiger partial charge in [-0.15, -0.1) is 24.0 Å². The van der Waals surface area contributed by atoms with Gasteiger partial charge in [-0.3, -0.25) is 4.99 Å². The molecular weight excluding hydrogens is 409 g/mol. The Balaban J connectivity index is 0. The molecule has 128 valence electrons. The van der Waals surface area contributed by atoms with Gasteiger partial charge >= 0.3 is 0 Å². The SMILES string of the molecule is CCOCCCNC(=NC)NCCOCCS(C)(=O)=O.I. The molecule has 0 aliphatic rings. The number of nitrogens with zero attached hydrogens (tertiary/aromatic N) is 1. The first kappa shape index (κ1) is 23.1. The number of guanidine groups is 1. The van der Waals surface area contributed by atoms with Gasteiger partial charge in [-0.05, 0) is 13.3 Å². The Hall–Kier alpha value is -0.130. The summed E-state index contributed by atoms with van der Waals surface area (Å²) in [6, 6.07) is 0. The van der Waals surface area contributed by atoms with E-state index in [9.17, 15) is 8.42 Å². The van der Waals surface area contributed by atoms with Crippen LogP contribution in [0.1, 0.15) is 13.3 Å². The van der Waals surface area contributed by atoms with Crippen LogP contribution in [-0.4, -0.2) is 73.0 Å². The van der Waals surface area contributed by atoms with Gasteiger partial charge in [0, 0.05) is 39.6 Å².